The van der Waals surface area contributed by atoms with Gasteiger partial charge in [-0.05, 0) is 74.2 Å². The quantitative estimate of drug-likeness (QED) is 0.619. The summed E-state index contributed by atoms with van der Waals surface area (Å²) >= 11 is 0. The number of Topliss-reactive ketones (excluding diaryl/α,β-unsaturated/α-hetero) is 1. The number of fused-ring (bicyclic) bond motifs is 5. The van der Waals surface area contributed by atoms with Crippen LogP contribution in [0, 0.1) is 40.4 Å². The van der Waals surface area contributed by atoms with Crippen molar-refractivity contribution in [1.82, 2.24) is 0 Å². The predicted octanol–water partition coefficient (Wildman–Crippen LogP) is 4.90. The topological polar surface area (TPSA) is 60.4 Å². The Hall–Kier alpha value is -1.45. The third-order valence-electron chi connectivity index (χ3n) is 9.65. The van der Waals surface area contributed by atoms with Crippen molar-refractivity contribution in [1.29, 1.82) is 0 Å². The summed E-state index contributed by atoms with van der Waals surface area (Å²) in [5, 5.41) is 0. The van der Waals surface area contributed by atoms with Crippen LogP contribution in [0.4, 0.5) is 0 Å². The summed E-state index contributed by atoms with van der Waals surface area (Å²) in [6.45, 7) is 12.0. The molecular weight excluding hydrogens is 364 g/mol. The van der Waals surface area contributed by atoms with E-state index in [1.54, 1.807) is 6.92 Å². The molecular formula is C25H36O4. The lowest BCUT2D eigenvalue weighted by Gasteiger charge is -2.60. The minimum atomic E-state index is -1.00. The summed E-state index contributed by atoms with van der Waals surface area (Å²) in [7, 11) is 0. The highest BCUT2D eigenvalue weighted by molar-refractivity contribution is 5.92. The van der Waals surface area contributed by atoms with Crippen LogP contribution in [-0.4, -0.2) is 23.1 Å². The van der Waals surface area contributed by atoms with Crippen molar-refractivity contribution in [2.24, 2.45) is 40.4 Å². The average Bonchev–Trinajstić information content (AvgIpc) is 2.85. The highest BCUT2D eigenvalue weighted by Gasteiger charge is 2.70. The van der Waals surface area contributed by atoms with E-state index in [0.717, 1.165) is 32.1 Å². The number of ketones is 2. The van der Waals surface area contributed by atoms with E-state index in [0.29, 0.717) is 30.1 Å². The first-order chi connectivity index (χ1) is 13.5. The van der Waals surface area contributed by atoms with Crippen LogP contribution in [0.2, 0.25) is 0 Å². The van der Waals surface area contributed by atoms with Gasteiger partial charge in [-0.2, -0.15) is 0 Å². The first kappa shape index (κ1) is 20.8. The van der Waals surface area contributed by atoms with Crippen LogP contribution >= 0.6 is 0 Å². The Morgan fingerprint density at radius 2 is 1.76 bits per heavy atom. The van der Waals surface area contributed by atoms with Crippen LogP contribution in [-0.2, 0) is 19.1 Å². The summed E-state index contributed by atoms with van der Waals surface area (Å²) in [5.41, 5.74) is 0.135. The number of ether oxygens (including phenoxy) is 1. The highest BCUT2D eigenvalue weighted by Crippen LogP contribution is 2.70. The Kier molecular flexibility index (Phi) is 4.68. The molecule has 0 heterocycles. The van der Waals surface area contributed by atoms with Crippen LogP contribution in [0.3, 0.4) is 0 Å². The third kappa shape index (κ3) is 2.59. The molecule has 0 unspecified atom stereocenters. The first-order valence-electron chi connectivity index (χ1n) is 11.4. The van der Waals surface area contributed by atoms with E-state index in [1.165, 1.54) is 12.5 Å². The lowest BCUT2D eigenvalue weighted by atomic mass is 9.44. The highest BCUT2D eigenvalue weighted by atomic mass is 16.6. The van der Waals surface area contributed by atoms with Gasteiger partial charge in [-0.25, -0.2) is 0 Å². The zero-order chi connectivity index (χ0) is 21.4. The maximum absolute atomic E-state index is 13.0. The summed E-state index contributed by atoms with van der Waals surface area (Å²) in [4.78, 5) is 37.2. The van der Waals surface area contributed by atoms with E-state index in [2.05, 4.69) is 27.7 Å². The number of carbonyl (C=O) groups is 3. The molecule has 0 amide bonds. The first-order valence-corrected chi connectivity index (χ1v) is 11.4. The average molecular weight is 401 g/mol. The van der Waals surface area contributed by atoms with E-state index >= 15 is 0 Å². The van der Waals surface area contributed by atoms with Gasteiger partial charge >= 0.3 is 5.97 Å². The van der Waals surface area contributed by atoms with E-state index in [-0.39, 0.29) is 34.3 Å². The molecule has 0 aliphatic heterocycles. The second-order valence-electron chi connectivity index (χ2n) is 11.0. The number of allylic oxidation sites excluding steroid dienone is 1. The van der Waals surface area contributed by atoms with Gasteiger partial charge in [0.1, 0.15) is 0 Å². The molecule has 4 heteroatoms. The normalized spacial score (nSPS) is 48.8. The fourth-order valence-corrected chi connectivity index (χ4v) is 8.58. The maximum Gasteiger partial charge on any atom is 0.303 e. The van der Waals surface area contributed by atoms with Gasteiger partial charge in [-0.15, -0.1) is 0 Å². The van der Waals surface area contributed by atoms with Crippen LogP contribution in [0.5, 0.6) is 0 Å². The van der Waals surface area contributed by atoms with Crippen molar-refractivity contribution in [3.05, 3.63) is 11.6 Å². The second-order valence-corrected chi connectivity index (χ2v) is 11.0. The fraction of sp³-hybridized carbons (Fsp3) is 0.800. The molecule has 0 radical (unpaired) electrons. The number of carbonyl (C=O) groups excluding carboxylic acids is 3. The van der Waals surface area contributed by atoms with Gasteiger partial charge in [0.05, 0.1) is 0 Å². The Bertz CT molecular complexity index is 797. The molecule has 8 atom stereocenters. The van der Waals surface area contributed by atoms with Gasteiger partial charge in [-0.3, -0.25) is 14.4 Å². The summed E-state index contributed by atoms with van der Waals surface area (Å²) in [6.07, 6.45) is 7.50. The second kappa shape index (κ2) is 6.52. The van der Waals surface area contributed by atoms with Gasteiger partial charge < -0.3 is 4.74 Å². The SMILES string of the molecule is CC(=O)O[C@@]1(C(C)=O)[C@H](C)C[C@H]2[C@@H]3C[C@H](C)C4=CC(=O)CC[C@]4(C)[C@H]3CC[C@@]21C. The Balaban J connectivity index is 1.77. The molecule has 4 aliphatic rings. The summed E-state index contributed by atoms with van der Waals surface area (Å²) in [6, 6.07) is 0. The Morgan fingerprint density at radius 1 is 1.07 bits per heavy atom. The predicted molar refractivity (Wildman–Crippen MR) is 111 cm³/mol. The number of rotatable bonds is 2. The van der Waals surface area contributed by atoms with E-state index in [9.17, 15) is 14.4 Å². The molecule has 4 nitrogen and oxygen atoms in total. The summed E-state index contributed by atoms with van der Waals surface area (Å²) < 4.78 is 5.95. The van der Waals surface area contributed by atoms with Crippen LogP contribution in [0.25, 0.3) is 0 Å². The van der Waals surface area contributed by atoms with Crippen LogP contribution < -0.4 is 0 Å². The van der Waals surface area contributed by atoms with Crippen molar-refractivity contribution < 1.29 is 19.1 Å². The van der Waals surface area contributed by atoms with Gasteiger partial charge in [0.15, 0.2) is 17.2 Å². The molecule has 3 fully saturated rings. The van der Waals surface area contributed by atoms with Gasteiger partial charge in [-0.1, -0.05) is 33.3 Å². The largest absolute Gasteiger partial charge is 0.450 e. The van der Waals surface area contributed by atoms with Gasteiger partial charge in [0.2, 0.25) is 0 Å². The monoisotopic (exact) mass is 400 g/mol. The number of hydrogen-bond acceptors (Lipinski definition) is 4. The molecule has 29 heavy (non-hydrogen) atoms. The molecule has 160 valence electrons. The van der Waals surface area contributed by atoms with E-state index in [4.69, 9.17) is 4.74 Å². The van der Waals surface area contributed by atoms with Crippen LogP contribution in [0.15, 0.2) is 11.6 Å². The van der Waals surface area contributed by atoms with E-state index in [1.807, 2.05) is 6.08 Å². The molecule has 0 aromatic heterocycles. The molecule has 4 aliphatic carbocycles. The van der Waals surface area contributed by atoms with Crippen molar-refractivity contribution >= 4 is 17.5 Å². The maximum atomic E-state index is 13.0. The standard InChI is InChI=1S/C25H36O4/c1-14-11-19-20(23(5)9-7-18(28)13-21(14)23)8-10-24(6)22(19)12-15(2)25(24,16(3)26)29-17(4)27/h13-15,19-20,22H,7-12H2,1-6H3/t14-,15+,19+,20-,22-,23+,24-,25+/m0/s1. The molecule has 0 spiro atoms. The van der Waals surface area contributed by atoms with E-state index < -0.39 is 5.60 Å². The van der Waals surface area contributed by atoms with Crippen molar-refractivity contribution in [3.63, 3.8) is 0 Å². The zero-order valence-electron chi connectivity index (χ0n) is 18.8. The van der Waals surface area contributed by atoms with Crippen molar-refractivity contribution in [2.75, 3.05) is 0 Å². The third-order valence-corrected chi connectivity index (χ3v) is 9.65. The van der Waals surface area contributed by atoms with Gasteiger partial charge in [0, 0.05) is 24.7 Å². The Labute approximate surface area is 174 Å². The molecule has 4 rings (SSSR count). The Morgan fingerprint density at radius 3 is 2.38 bits per heavy atom. The zero-order valence-corrected chi connectivity index (χ0v) is 18.8. The summed E-state index contributed by atoms with van der Waals surface area (Å²) in [5.74, 6) is 1.79. The molecule has 0 aromatic rings. The van der Waals surface area contributed by atoms with Crippen molar-refractivity contribution in [3.8, 4) is 0 Å². The molecule has 3 saturated carbocycles. The lowest BCUT2D eigenvalue weighted by Crippen LogP contribution is -2.60. The molecule has 0 aromatic carbocycles. The van der Waals surface area contributed by atoms with Gasteiger partial charge in [0.25, 0.3) is 0 Å². The number of esters is 1. The minimum absolute atomic E-state index is 0.00238. The molecule has 0 N–H and O–H groups in total. The fourth-order valence-electron chi connectivity index (χ4n) is 8.58. The molecule has 0 saturated heterocycles. The lowest BCUT2D eigenvalue weighted by molar-refractivity contribution is -0.193. The van der Waals surface area contributed by atoms with Crippen molar-refractivity contribution in [2.45, 2.75) is 85.7 Å². The molecule has 0 bridgehead atoms. The minimum Gasteiger partial charge on any atom is -0.450 e. The smallest absolute Gasteiger partial charge is 0.303 e. The number of hydrogen-bond donors (Lipinski definition) is 0. The van der Waals surface area contributed by atoms with Crippen LogP contribution in [0.1, 0.15) is 80.1 Å².